The summed E-state index contributed by atoms with van der Waals surface area (Å²) in [5, 5.41) is 6.51. The van der Waals surface area contributed by atoms with Crippen LogP contribution in [0.5, 0.6) is 0 Å². The van der Waals surface area contributed by atoms with Crippen molar-refractivity contribution in [2.75, 3.05) is 18.4 Å². The normalized spacial score (nSPS) is 27.1. The SMILES string of the molecule is Cc1ccc(C)c2c1NC(=O)C1CCNCC21. The third kappa shape index (κ3) is 1.57. The van der Waals surface area contributed by atoms with E-state index in [4.69, 9.17) is 0 Å². The van der Waals surface area contributed by atoms with Crippen molar-refractivity contribution in [3.63, 3.8) is 0 Å². The Bertz CT molecular complexity index is 481. The van der Waals surface area contributed by atoms with E-state index in [9.17, 15) is 4.79 Å². The van der Waals surface area contributed by atoms with Gasteiger partial charge < -0.3 is 10.6 Å². The lowest BCUT2D eigenvalue weighted by molar-refractivity contribution is -0.121. The standard InChI is InChI=1S/C14H18N2O/c1-8-3-4-9(2)13-12(8)11-7-15-6-5-10(11)14(17)16-13/h3-4,10-11,15H,5-7H2,1-2H3,(H,16,17). The van der Waals surface area contributed by atoms with Crippen LogP contribution < -0.4 is 10.6 Å². The highest BCUT2D eigenvalue weighted by Crippen LogP contribution is 2.41. The van der Waals surface area contributed by atoms with Crippen LogP contribution in [0.1, 0.15) is 29.0 Å². The van der Waals surface area contributed by atoms with Gasteiger partial charge in [-0.2, -0.15) is 0 Å². The summed E-state index contributed by atoms with van der Waals surface area (Å²) < 4.78 is 0. The fraction of sp³-hybridized carbons (Fsp3) is 0.500. The number of amides is 1. The molecule has 1 amide bonds. The van der Waals surface area contributed by atoms with E-state index in [1.165, 1.54) is 16.7 Å². The maximum Gasteiger partial charge on any atom is 0.228 e. The highest BCUT2D eigenvalue weighted by atomic mass is 16.2. The maximum absolute atomic E-state index is 12.1. The second-order valence-corrected chi connectivity index (χ2v) is 5.18. The third-order valence-corrected chi connectivity index (χ3v) is 4.11. The fourth-order valence-corrected chi connectivity index (χ4v) is 3.17. The van der Waals surface area contributed by atoms with E-state index in [-0.39, 0.29) is 11.8 Å². The van der Waals surface area contributed by atoms with Crippen molar-refractivity contribution < 1.29 is 4.79 Å². The van der Waals surface area contributed by atoms with Crippen LogP contribution in [0.3, 0.4) is 0 Å². The number of aryl methyl sites for hydroxylation is 2. The minimum atomic E-state index is 0.157. The first-order chi connectivity index (χ1) is 8.18. The molecule has 2 atom stereocenters. The number of nitrogens with one attached hydrogen (secondary N) is 2. The highest BCUT2D eigenvalue weighted by Gasteiger charge is 2.38. The molecule has 1 aromatic carbocycles. The van der Waals surface area contributed by atoms with Crippen molar-refractivity contribution in [2.45, 2.75) is 26.2 Å². The van der Waals surface area contributed by atoms with Crippen molar-refractivity contribution in [3.05, 3.63) is 28.8 Å². The van der Waals surface area contributed by atoms with Gasteiger partial charge in [0.05, 0.1) is 0 Å². The van der Waals surface area contributed by atoms with Crippen LogP contribution in [-0.4, -0.2) is 19.0 Å². The summed E-state index contributed by atoms with van der Waals surface area (Å²) in [7, 11) is 0. The van der Waals surface area contributed by atoms with Gasteiger partial charge in [-0.15, -0.1) is 0 Å². The molecule has 0 radical (unpaired) electrons. The molecule has 3 nitrogen and oxygen atoms in total. The first-order valence-electron chi connectivity index (χ1n) is 6.30. The smallest absolute Gasteiger partial charge is 0.228 e. The molecule has 3 heteroatoms. The molecule has 1 aromatic rings. The molecular formula is C14H18N2O. The molecule has 0 saturated carbocycles. The first kappa shape index (κ1) is 10.8. The molecule has 1 fully saturated rings. The molecule has 0 aliphatic carbocycles. The Hall–Kier alpha value is -1.35. The average molecular weight is 230 g/mol. The second-order valence-electron chi connectivity index (χ2n) is 5.18. The van der Waals surface area contributed by atoms with Crippen LogP contribution in [0.4, 0.5) is 5.69 Å². The van der Waals surface area contributed by atoms with E-state index >= 15 is 0 Å². The van der Waals surface area contributed by atoms with Gasteiger partial charge >= 0.3 is 0 Å². The lowest BCUT2D eigenvalue weighted by Gasteiger charge is -2.38. The summed E-state index contributed by atoms with van der Waals surface area (Å²) in [6.45, 7) is 6.08. The maximum atomic E-state index is 12.1. The molecule has 90 valence electrons. The molecule has 1 saturated heterocycles. The number of piperidine rings is 1. The van der Waals surface area contributed by atoms with Crippen LogP contribution in [0.2, 0.25) is 0 Å². The predicted octanol–water partition coefficient (Wildman–Crippen LogP) is 1.95. The quantitative estimate of drug-likeness (QED) is 0.715. The fourth-order valence-electron chi connectivity index (χ4n) is 3.17. The molecule has 17 heavy (non-hydrogen) atoms. The number of hydrogen-bond donors (Lipinski definition) is 2. The number of fused-ring (bicyclic) bond motifs is 3. The molecule has 0 spiro atoms. The molecule has 2 aliphatic heterocycles. The Morgan fingerprint density at radius 2 is 1.94 bits per heavy atom. The molecule has 2 N–H and O–H groups in total. The Labute approximate surface area is 102 Å². The van der Waals surface area contributed by atoms with Gasteiger partial charge in [0.25, 0.3) is 0 Å². The van der Waals surface area contributed by atoms with E-state index < -0.39 is 0 Å². The number of rotatable bonds is 0. The minimum Gasteiger partial charge on any atom is -0.325 e. The van der Waals surface area contributed by atoms with E-state index in [1.54, 1.807) is 0 Å². The van der Waals surface area contributed by atoms with Gasteiger partial charge in [-0.1, -0.05) is 12.1 Å². The Morgan fingerprint density at radius 1 is 1.18 bits per heavy atom. The van der Waals surface area contributed by atoms with Crippen molar-refractivity contribution in [1.29, 1.82) is 0 Å². The Balaban J connectivity index is 2.16. The van der Waals surface area contributed by atoms with Crippen molar-refractivity contribution in [1.82, 2.24) is 5.32 Å². The second kappa shape index (κ2) is 3.84. The average Bonchev–Trinajstić information content (AvgIpc) is 2.34. The number of carbonyl (C=O) groups is 1. The molecule has 2 aliphatic rings. The summed E-state index contributed by atoms with van der Waals surface area (Å²) in [6, 6.07) is 4.25. The van der Waals surface area contributed by atoms with Crippen LogP contribution in [0.15, 0.2) is 12.1 Å². The van der Waals surface area contributed by atoms with Crippen LogP contribution >= 0.6 is 0 Å². The topological polar surface area (TPSA) is 41.1 Å². The lowest BCUT2D eigenvalue weighted by Crippen LogP contribution is -2.44. The van der Waals surface area contributed by atoms with Gasteiger partial charge in [0.15, 0.2) is 0 Å². The van der Waals surface area contributed by atoms with E-state index in [0.29, 0.717) is 5.92 Å². The molecule has 2 heterocycles. The first-order valence-corrected chi connectivity index (χ1v) is 6.30. The van der Waals surface area contributed by atoms with E-state index in [1.807, 2.05) is 0 Å². The van der Waals surface area contributed by atoms with Gasteiger partial charge in [0, 0.05) is 24.1 Å². The van der Waals surface area contributed by atoms with Crippen LogP contribution in [0.25, 0.3) is 0 Å². The number of anilines is 1. The molecule has 3 rings (SSSR count). The zero-order valence-electron chi connectivity index (χ0n) is 10.3. The number of hydrogen-bond acceptors (Lipinski definition) is 2. The number of benzene rings is 1. The van der Waals surface area contributed by atoms with Crippen LogP contribution in [0, 0.1) is 19.8 Å². The van der Waals surface area contributed by atoms with Gasteiger partial charge in [0.2, 0.25) is 5.91 Å². The monoisotopic (exact) mass is 230 g/mol. The lowest BCUT2D eigenvalue weighted by atomic mass is 9.75. The molecule has 0 bridgehead atoms. The zero-order chi connectivity index (χ0) is 12.0. The third-order valence-electron chi connectivity index (χ3n) is 4.11. The summed E-state index contributed by atoms with van der Waals surface area (Å²) in [6.07, 6.45) is 0.948. The molecular weight excluding hydrogens is 212 g/mol. The van der Waals surface area contributed by atoms with Gasteiger partial charge in [-0.05, 0) is 43.5 Å². The predicted molar refractivity (Wildman–Crippen MR) is 68.3 cm³/mol. The van der Waals surface area contributed by atoms with E-state index in [0.717, 1.165) is 25.2 Å². The summed E-state index contributed by atoms with van der Waals surface area (Å²) in [5.41, 5.74) is 4.87. The molecule has 0 aromatic heterocycles. The summed E-state index contributed by atoms with van der Waals surface area (Å²) >= 11 is 0. The highest BCUT2D eigenvalue weighted by molar-refractivity contribution is 5.98. The van der Waals surface area contributed by atoms with Crippen molar-refractivity contribution in [2.24, 2.45) is 5.92 Å². The Kier molecular flexibility index (Phi) is 2.44. The van der Waals surface area contributed by atoms with E-state index in [2.05, 4.69) is 36.6 Å². The summed E-state index contributed by atoms with van der Waals surface area (Å²) in [4.78, 5) is 12.1. The number of carbonyl (C=O) groups excluding carboxylic acids is 1. The molecule has 2 unspecified atom stereocenters. The van der Waals surface area contributed by atoms with Gasteiger partial charge in [-0.25, -0.2) is 0 Å². The van der Waals surface area contributed by atoms with Gasteiger partial charge in [0.1, 0.15) is 0 Å². The Morgan fingerprint density at radius 3 is 2.76 bits per heavy atom. The van der Waals surface area contributed by atoms with Gasteiger partial charge in [-0.3, -0.25) is 4.79 Å². The van der Waals surface area contributed by atoms with Crippen molar-refractivity contribution in [3.8, 4) is 0 Å². The largest absolute Gasteiger partial charge is 0.325 e. The van der Waals surface area contributed by atoms with Crippen LogP contribution in [-0.2, 0) is 4.79 Å². The minimum absolute atomic E-state index is 0.157. The van der Waals surface area contributed by atoms with Crippen molar-refractivity contribution >= 4 is 11.6 Å². The summed E-state index contributed by atoms with van der Waals surface area (Å²) in [5.74, 6) is 0.717. The zero-order valence-corrected chi connectivity index (χ0v) is 10.3.